The summed E-state index contributed by atoms with van der Waals surface area (Å²) in [6, 6.07) is 8.12. The lowest BCUT2D eigenvalue weighted by atomic mass is 9.86. The third-order valence-corrected chi connectivity index (χ3v) is 4.88. The van der Waals surface area contributed by atoms with Crippen molar-refractivity contribution in [3.63, 3.8) is 0 Å². The van der Waals surface area contributed by atoms with E-state index in [0.29, 0.717) is 21.7 Å². The maximum Gasteiger partial charge on any atom is 0.264 e. The third-order valence-electron chi connectivity index (χ3n) is 4.32. The molecule has 0 fully saturated rings. The third kappa shape index (κ3) is 2.79. The fourth-order valence-electron chi connectivity index (χ4n) is 3.22. The molecule has 1 amide bonds. The van der Waals surface area contributed by atoms with Crippen molar-refractivity contribution in [3.05, 3.63) is 67.6 Å². The number of carbonyl (C=O) groups excluding carboxylic acids is 1. The van der Waals surface area contributed by atoms with Gasteiger partial charge in [-0.15, -0.1) is 0 Å². The zero-order valence-corrected chi connectivity index (χ0v) is 15.1. The second-order valence-corrected chi connectivity index (χ2v) is 6.85. The molecule has 0 bridgehead atoms. The van der Waals surface area contributed by atoms with Crippen LogP contribution in [0.15, 0.2) is 35.1 Å². The normalized spacial score (nSPS) is 16.3. The molecule has 0 unspecified atom stereocenters. The Bertz CT molecular complexity index is 1070. The van der Waals surface area contributed by atoms with E-state index in [0.717, 1.165) is 16.8 Å². The first kappa shape index (κ1) is 16.8. The predicted octanol–water partition coefficient (Wildman–Crippen LogP) is 3.04. The molecule has 132 valence electrons. The molecule has 0 saturated heterocycles. The lowest BCUT2D eigenvalue weighted by molar-refractivity contribution is -0.116. The number of fused-ring (bicyclic) bond motifs is 1. The van der Waals surface area contributed by atoms with Gasteiger partial charge in [0.1, 0.15) is 5.82 Å². The number of H-pyrrole nitrogens is 1. The lowest BCUT2D eigenvalue weighted by Crippen LogP contribution is -2.25. The van der Waals surface area contributed by atoms with E-state index in [-0.39, 0.29) is 23.8 Å². The molecule has 4 rings (SSSR count). The number of nitrogens with zero attached hydrogens (tertiary/aromatic N) is 3. The van der Waals surface area contributed by atoms with Gasteiger partial charge in [-0.1, -0.05) is 29.3 Å². The van der Waals surface area contributed by atoms with Crippen LogP contribution in [0.1, 0.15) is 29.2 Å². The van der Waals surface area contributed by atoms with Crippen molar-refractivity contribution in [3.8, 4) is 5.82 Å². The van der Waals surface area contributed by atoms with Crippen molar-refractivity contribution in [2.24, 2.45) is 0 Å². The van der Waals surface area contributed by atoms with E-state index in [4.69, 9.17) is 23.2 Å². The van der Waals surface area contributed by atoms with Gasteiger partial charge in [-0.25, -0.2) is 5.10 Å². The number of aromatic nitrogens is 4. The second kappa shape index (κ2) is 6.26. The van der Waals surface area contributed by atoms with Crippen molar-refractivity contribution in [1.29, 1.82) is 0 Å². The van der Waals surface area contributed by atoms with Crippen molar-refractivity contribution >= 4 is 34.9 Å². The van der Waals surface area contributed by atoms with Crippen molar-refractivity contribution in [1.82, 2.24) is 20.0 Å². The molecule has 1 atom stereocenters. The number of nitrogens with one attached hydrogen (secondary N) is 2. The van der Waals surface area contributed by atoms with Gasteiger partial charge in [0.05, 0.1) is 5.69 Å². The lowest BCUT2D eigenvalue weighted by Gasteiger charge is -2.25. The quantitative estimate of drug-likeness (QED) is 0.704. The number of hydrogen-bond acceptors (Lipinski definition) is 4. The number of rotatable bonds is 2. The molecule has 7 nitrogen and oxygen atoms in total. The van der Waals surface area contributed by atoms with Crippen LogP contribution in [-0.2, 0) is 4.79 Å². The molecule has 1 aliphatic heterocycles. The summed E-state index contributed by atoms with van der Waals surface area (Å²) in [6.45, 7) is 1.86. The maximum absolute atomic E-state index is 12.3. The van der Waals surface area contributed by atoms with Gasteiger partial charge in [0.25, 0.3) is 5.56 Å². The summed E-state index contributed by atoms with van der Waals surface area (Å²) < 4.78 is 1.51. The number of halogens is 2. The standard InChI is InChI=1S/C17H13Cl2N5O2/c1-8-16-11(10-3-2-9(18)6-12(10)19)7-15(26)20-17(16)24(23-8)13-4-5-14(25)22-21-13/h2-6,11H,7H2,1H3,(H,20,26)(H,22,25)/t11-/m1/s1. The zero-order valence-electron chi connectivity index (χ0n) is 13.6. The van der Waals surface area contributed by atoms with E-state index in [2.05, 4.69) is 20.6 Å². The predicted molar refractivity (Wildman–Crippen MR) is 98.3 cm³/mol. The summed E-state index contributed by atoms with van der Waals surface area (Å²) in [5.74, 6) is 0.519. The Balaban J connectivity index is 1.89. The summed E-state index contributed by atoms with van der Waals surface area (Å²) in [7, 11) is 0. The number of amides is 1. The SMILES string of the molecule is Cc1nn(-c2ccc(=O)[nH]n2)c2c1[C@@H](c1ccc(Cl)cc1Cl)CC(=O)N2. The molecule has 3 heterocycles. The smallest absolute Gasteiger partial charge is 0.264 e. The number of aromatic amines is 1. The van der Waals surface area contributed by atoms with Gasteiger partial charge in [-0.05, 0) is 30.7 Å². The van der Waals surface area contributed by atoms with Crippen LogP contribution in [0.25, 0.3) is 5.82 Å². The highest BCUT2D eigenvalue weighted by molar-refractivity contribution is 6.35. The van der Waals surface area contributed by atoms with E-state index >= 15 is 0 Å². The minimum Gasteiger partial charge on any atom is -0.310 e. The van der Waals surface area contributed by atoms with E-state index in [1.807, 2.05) is 13.0 Å². The molecule has 0 saturated carbocycles. The molecule has 0 aliphatic carbocycles. The number of aryl methyl sites for hydroxylation is 1. The maximum atomic E-state index is 12.3. The molecular formula is C17H13Cl2N5O2. The minimum atomic E-state index is -0.318. The Morgan fingerprint density at radius 1 is 1.19 bits per heavy atom. The Kier molecular flexibility index (Phi) is 4.05. The average Bonchev–Trinajstić information content (AvgIpc) is 2.91. The molecule has 0 spiro atoms. The van der Waals surface area contributed by atoms with Crippen molar-refractivity contribution < 1.29 is 4.79 Å². The molecule has 26 heavy (non-hydrogen) atoms. The van der Waals surface area contributed by atoms with E-state index in [1.54, 1.807) is 12.1 Å². The van der Waals surface area contributed by atoms with Gasteiger partial charge in [-0.3, -0.25) is 9.59 Å². The highest BCUT2D eigenvalue weighted by Gasteiger charge is 2.33. The van der Waals surface area contributed by atoms with E-state index < -0.39 is 0 Å². The molecule has 9 heteroatoms. The first-order chi connectivity index (χ1) is 12.4. The molecule has 3 aromatic rings. The highest BCUT2D eigenvalue weighted by Crippen LogP contribution is 2.42. The Labute approximate surface area is 157 Å². The summed E-state index contributed by atoms with van der Waals surface area (Å²) in [5.41, 5.74) is 2.09. The number of anilines is 1. The fraction of sp³-hybridized carbons (Fsp3) is 0.176. The van der Waals surface area contributed by atoms with Crippen LogP contribution in [-0.4, -0.2) is 25.9 Å². The van der Waals surface area contributed by atoms with Gasteiger partial charge < -0.3 is 5.32 Å². The molecule has 2 N–H and O–H groups in total. The summed E-state index contributed by atoms with van der Waals surface area (Å²) in [6.07, 6.45) is 0.250. The number of carbonyl (C=O) groups is 1. The second-order valence-electron chi connectivity index (χ2n) is 6.01. The average molecular weight is 390 g/mol. The Morgan fingerprint density at radius 3 is 2.69 bits per heavy atom. The van der Waals surface area contributed by atoms with Crippen LogP contribution >= 0.6 is 23.2 Å². The van der Waals surface area contributed by atoms with Crippen LogP contribution in [0.3, 0.4) is 0 Å². The Morgan fingerprint density at radius 2 is 2.00 bits per heavy atom. The van der Waals surface area contributed by atoms with E-state index in [9.17, 15) is 9.59 Å². The Hall–Kier alpha value is -2.64. The first-order valence-electron chi connectivity index (χ1n) is 7.84. The van der Waals surface area contributed by atoms with Crippen LogP contribution in [0.2, 0.25) is 10.0 Å². The number of hydrogen-bond donors (Lipinski definition) is 2. The largest absolute Gasteiger partial charge is 0.310 e. The summed E-state index contributed by atoms with van der Waals surface area (Å²) in [4.78, 5) is 23.6. The van der Waals surface area contributed by atoms with Crippen LogP contribution < -0.4 is 10.9 Å². The van der Waals surface area contributed by atoms with Crippen LogP contribution in [0, 0.1) is 6.92 Å². The van der Waals surface area contributed by atoms with Gasteiger partial charge in [0, 0.05) is 34.0 Å². The minimum absolute atomic E-state index is 0.154. The van der Waals surface area contributed by atoms with Crippen LogP contribution in [0.5, 0.6) is 0 Å². The van der Waals surface area contributed by atoms with Gasteiger partial charge in [0.2, 0.25) is 5.91 Å². The van der Waals surface area contributed by atoms with Crippen molar-refractivity contribution in [2.45, 2.75) is 19.3 Å². The topological polar surface area (TPSA) is 92.7 Å². The van der Waals surface area contributed by atoms with Gasteiger partial charge in [0.15, 0.2) is 5.82 Å². The fourth-order valence-corrected chi connectivity index (χ4v) is 3.76. The summed E-state index contributed by atoms with van der Waals surface area (Å²) >= 11 is 12.4. The molecule has 0 radical (unpaired) electrons. The first-order valence-corrected chi connectivity index (χ1v) is 8.60. The van der Waals surface area contributed by atoms with Gasteiger partial charge >= 0.3 is 0 Å². The monoisotopic (exact) mass is 389 g/mol. The zero-order chi connectivity index (χ0) is 18.4. The highest BCUT2D eigenvalue weighted by atomic mass is 35.5. The molecular weight excluding hydrogens is 377 g/mol. The van der Waals surface area contributed by atoms with Crippen LogP contribution in [0.4, 0.5) is 5.82 Å². The summed E-state index contributed by atoms with van der Waals surface area (Å²) in [5, 5.41) is 14.7. The molecule has 1 aromatic carbocycles. The van der Waals surface area contributed by atoms with Gasteiger partial charge in [-0.2, -0.15) is 14.9 Å². The van der Waals surface area contributed by atoms with E-state index in [1.165, 1.54) is 16.8 Å². The molecule has 2 aromatic heterocycles. The molecule has 1 aliphatic rings. The van der Waals surface area contributed by atoms with Crippen molar-refractivity contribution in [2.75, 3.05) is 5.32 Å². The number of benzene rings is 1.